The molecule has 5 heteroatoms. The number of allylic oxidation sites excluding steroid dienone is 1. The number of carbonyl (C=O) groups is 2. The Labute approximate surface area is 127 Å². The van der Waals surface area contributed by atoms with E-state index in [0.29, 0.717) is 5.70 Å². The van der Waals surface area contributed by atoms with Gasteiger partial charge < -0.3 is 0 Å². The molecule has 0 aliphatic carbocycles. The molecule has 102 valence electrons. The second kappa shape index (κ2) is 5.14. The average Bonchev–Trinajstić information content (AvgIpc) is 2.81. The summed E-state index contributed by atoms with van der Waals surface area (Å²) in [5.41, 5.74) is 2.21. The van der Waals surface area contributed by atoms with E-state index in [4.69, 9.17) is 0 Å². The topological polar surface area (TPSA) is 37.4 Å². The zero-order chi connectivity index (χ0) is 14.3. The van der Waals surface area contributed by atoms with Crippen LogP contribution in [-0.4, -0.2) is 21.3 Å². The van der Waals surface area contributed by atoms with Gasteiger partial charge in [0.1, 0.15) is 11.1 Å². The van der Waals surface area contributed by atoms with Crippen molar-refractivity contribution in [2.45, 2.75) is 18.7 Å². The van der Waals surface area contributed by atoms with Gasteiger partial charge in [0.05, 0.1) is 5.57 Å². The van der Waals surface area contributed by atoms with Crippen LogP contribution in [-0.2, 0) is 9.59 Å². The van der Waals surface area contributed by atoms with Crippen molar-refractivity contribution in [1.29, 1.82) is 0 Å². The first kappa shape index (κ1) is 13.5. The van der Waals surface area contributed by atoms with E-state index in [1.54, 1.807) is 16.7 Å². The van der Waals surface area contributed by atoms with Crippen LogP contribution < -0.4 is 0 Å². The van der Waals surface area contributed by atoms with Gasteiger partial charge in [-0.2, -0.15) is 0 Å². The maximum absolute atomic E-state index is 12.2. The van der Waals surface area contributed by atoms with Crippen molar-refractivity contribution in [1.82, 2.24) is 4.90 Å². The Morgan fingerprint density at radius 3 is 2.70 bits per heavy atom. The molecule has 3 rings (SSSR count). The minimum absolute atomic E-state index is 0.0660. The molecule has 1 amide bonds. The summed E-state index contributed by atoms with van der Waals surface area (Å²) >= 11 is 5.46. The Kier molecular flexibility index (Phi) is 3.48. The molecule has 0 unspecified atom stereocenters. The van der Waals surface area contributed by atoms with Gasteiger partial charge in [-0.05, 0) is 18.1 Å². The highest BCUT2D eigenvalue weighted by Crippen LogP contribution is 2.50. The third-order valence-corrected chi connectivity index (χ3v) is 5.04. The van der Waals surface area contributed by atoms with Gasteiger partial charge >= 0.3 is 0 Å². The van der Waals surface area contributed by atoms with Crippen molar-refractivity contribution in [3.05, 3.63) is 52.1 Å². The van der Waals surface area contributed by atoms with Gasteiger partial charge in [0, 0.05) is 4.91 Å². The van der Waals surface area contributed by atoms with E-state index in [-0.39, 0.29) is 16.4 Å². The van der Waals surface area contributed by atoms with Crippen LogP contribution in [0.2, 0.25) is 0 Å². The molecule has 2 aliphatic rings. The quantitative estimate of drug-likeness (QED) is 0.530. The average molecular weight is 303 g/mol. The van der Waals surface area contributed by atoms with E-state index in [0.717, 1.165) is 22.5 Å². The third-order valence-electron chi connectivity index (χ3n) is 3.37. The van der Waals surface area contributed by atoms with Crippen molar-refractivity contribution in [3.8, 4) is 0 Å². The largest absolute Gasteiger partial charge is 0.286 e. The molecule has 0 bridgehead atoms. The molecule has 0 aromatic heterocycles. The van der Waals surface area contributed by atoms with Crippen LogP contribution in [0.3, 0.4) is 0 Å². The highest BCUT2D eigenvalue weighted by molar-refractivity contribution is 8.04. The fraction of sp³-hybridized carbons (Fsp3) is 0.200. The highest BCUT2D eigenvalue weighted by atomic mass is 32.2. The van der Waals surface area contributed by atoms with Gasteiger partial charge in [0.2, 0.25) is 5.12 Å². The lowest BCUT2D eigenvalue weighted by Crippen LogP contribution is -2.50. The van der Waals surface area contributed by atoms with E-state index in [2.05, 4.69) is 12.6 Å². The van der Waals surface area contributed by atoms with Crippen LogP contribution >= 0.6 is 24.4 Å². The van der Waals surface area contributed by atoms with Crippen molar-refractivity contribution < 1.29 is 9.59 Å². The maximum atomic E-state index is 12.2. The van der Waals surface area contributed by atoms with Crippen LogP contribution in [0.25, 0.3) is 6.08 Å². The number of fused-ring (bicyclic) bond motifs is 1. The van der Waals surface area contributed by atoms with Gasteiger partial charge in [-0.1, -0.05) is 61.6 Å². The van der Waals surface area contributed by atoms with Crippen molar-refractivity contribution in [2.75, 3.05) is 0 Å². The van der Waals surface area contributed by atoms with E-state index in [1.165, 1.54) is 0 Å². The van der Waals surface area contributed by atoms with Crippen molar-refractivity contribution in [3.63, 3.8) is 0 Å². The predicted octanol–water partition coefficient (Wildman–Crippen LogP) is 3.06. The van der Waals surface area contributed by atoms with Gasteiger partial charge in [0.15, 0.2) is 0 Å². The molecular formula is C15H13NO2S2. The Hall–Kier alpha value is -1.46. The second-order valence-corrected chi connectivity index (χ2v) is 6.17. The Bertz CT molecular complexity index is 649. The highest BCUT2D eigenvalue weighted by Gasteiger charge is 2.51. The first-order valence-electron chi connectivity index (χ1n) is 6.36. The Morgan fingerprint density at radius 2 is 2.10 bits per heavy atom. The molecule has 0 N–H and O–H groups in total. The van der Waals surface area contributed by atoms with Gasteiger partial charge in [0.25, 0.3) is 5.91 Å². The lowest BCUT2D eigenvalue weighted by molar-refractivity contribution is -0.132. The molecule has 1 atom stereocenters. The zero-order valence-corrected chi connectivity index (χ0v) is 12.6. The molecular weight excluding hydrogens is 290 g/mol. The SMILES string of the molecule is CCC1=C(C(=O)S)N2C(=O)/C(=C/c3ccccc3)[C@H]2S1. The summed E-state index contributed by atoms with van der Waals surface area (Å²) in [6.07, 6.45) is 2.64. The first-order chi connectivity index (χ1) is 9.63. The number of thiol groups is 1. The van der Waals surface area contributed by atoms with E-state index >= 15 is 0 Å². The van der Waals surface area contributed by atoms with Crippen LogP contribution in [0, 0.1) is 0 Å². The molecule has 1 fully saturated rings. The molecule has 0 saturated carbocycles. The lowest BCUT2D eigenvalue weighted by atomic mass is 10.0. The summed E-state index contributed by atoms with van der Waals surface area (Å²) in [5, 5.41) is -0.396. The summed E-state index contributed by atoms with van der Waals surface area (Å²) in [7, 11) is 0. The molecule has 2 heterocycles. The summed E-state index contributed by atoms with van der Waals surface area (Å²) in [4.78, 5) is 26.4. The zero-order valence-electron chi connectivity index (χ0n) is 10.9. The number of rotatable bonds is 3. The number of carbonyl (C=O) groups excluding carboxylic acids is 2. The van der Waals surface area contributed by atoms with Crippen LogP contribution in [0.4, 0.5) is 0 Å². The van der Waals surface area contributed by atoms with Gasteiger partial charge in [-0.25, -0.2) is 0 Å². The molecule has 20 heavy (non-hydrogen) atoms. The molecule has 1 aromatic rings. The standard InChI is InChI=1S/C15H13NO2S2/c1-2-11-12(15(18)19)16-13(17)10(14(16)20-11)8-9-6-4-3-5-7-9/h3-8,14H,2H2,1H3,(H,18,19)/b10-8-/t14-/m1/s1. The number of amides is 1. The predicted molar refractivity (Wildman–Crippen MR) is 84.0 cm³/mol. The normalized spacial score (nSPS) is 23.1. The minimum Gasteiger partial charge on any atom is -0.286 e. The van der Waals surface area contributed by atoms with Gasteiger partial charge in [-0.15, -0.1) is 0 Å². The van der Waals surface area contributed by atoms with Gasteiger partial charge in [-0.3, -0.25) is 14.5 Å². The van der Waals surface area contributed by atoms with Crippen LogP contribution in [0.1, 0.15) is 18.9 Å². The smallest absolute Gasteiger partial charge is 0.258 e. The number of benzene rings is 1. The lowest BCUT2D eigenvalue weighted by Gasteiger charge is -2.37. The fourth-order valence-corrected chi connectivity index (χ4v) is 4.08. The minimum atomic E-state index is -0.330. The Morgan fingerprint density at radius 1 is 1.40 bits per heavy atom. The first-order valence-corrected chi connectivity index (χ1v) is 7.69. The van der Waals surface area contributed by atoms with Crippen molar-refractivity contribution in [2.24, 2.45) is 0 Å². The fourth-order valence-electron chi connectivity index (χ4n) is 2.42. The molecule has 1 aromatic carbocycles. The van der Waals surface area contributed by atoms with Crippen molar-refractivity contribution >= 4 is 41.5 Å². The number of β-lactam (4-membered cyclic amide) rings is 1. The van der Waals surface area contributed by atoms with E-state index in [9.17, 15) is 9.59 Å². The molecule has 1 saturated heterocycles. The second-order valence-electron chi connectivity index (χ2n) is 4.59. The maximum Gasteiger partial charge on any atom is 0.258 e. The van der Waals surface area contributed by atoms with Crippen LogP contribution in [0.5, 0.6) is 0 Å². The third kappa shape index (κ3) is 2.01. The molecule has 3 nitrogen and oxygen atoms in total. The molecule has 0 radical (unpaired) electrons. The molecule has 0 spiro atoms. The number of hydrogen-bond acceptors (Lipinski definition) is 3. The monoisotopic (exact) mass is 303 g/mol. The summed E-state index contributed by atoms with van der Waals surface area (Å²) in [6.45, 7) is 1.98. The van der Waals surface area contributed by atoms with E-state index < -0.39 is 0 Å². The molecule has 2 aliphatic heterocycles. The number of thioether (sulfide) groups is 1. The van der Waals surface area contributed by atoms with Crippen LogP contribution in [0.15, 0.2) is 46.5 Å². The summed E-state index contributed by atoms with van der Waals surface area (Å²) in [5.74, 6) is -0.0906. The van der Waals surface area contributed by atoms with E-state index in [1.807, 2.05) is 43.3 Å². The summed E-state index contributed by atoms with van der Waals surface area (Å²) < 4.78 is 0. The number of hydrogen-bond donors (Lipinski definition) is 1. The summed E-state index contributed by atoms with van der Waals surface area (Å²) in [6, 6.07) is 9.74. The Balaban J connectivity index is 1.92. The number of nitrogens with zero attached hydrogens (tertiary/aromatic N) is 1.